The van der Waals surface area contributed by atoms with E-state index in [0.29, 0.717) is 11.3 Å². The molecule has 1 N–H and O–H groups in total. The van der Waals surface area contributed by atoms with Crippen LogP contribution in [0.25, 0.3) is 10.9 Å². The Balaban J connectivity index is 1.84. The van der Waals surface area contributed by atoms with Crippen LogP contribution in [-0.2, 0) is 11.3 Å². The molecule has 8 nitrogen and oxygen atoms in total. The Morgan fingerprint density at radius 2 is 2.08 bits per heavy atom. The molecule has 0 aliphatic carbocycles. The molecule has 0 fully saturated rings. The number of aldehydes is 1. The van der Waals surface area contributed by atoms with Crippen molar-refractivity contribution in [1.82, 2.24) is 4.57 Å². The zero-order chi connectivity index (χ0) is 18.7. The molecule has 0 aliphatic heterocycles. The number of carbonyl (C=O) groups is 2. The maximum Gasteiger partial charge on any atom is 0.273 e. The fourth-order valence-corrected chi connectivity index (χ4v) is 2.74. The van der Waals surface area contributed by atoms with E-state index in [-0.39, 0.29) is 23.9 Å². The van der Waals surface area contributed by atoms with Crippen molar-refractivity contribution in [2.24, 2.45) is 0 Å². The van der Waals surface area contributed by atoms with E-state index >= 15 is 0 Å². The van der Waals surface area contributed by atoms with Gasteiger partial charge < -0.3 is 14.6 Å². The predicted molar refractivity (Wildman–Crippen MR) is 95.6 cm³/mol. The Morgan fingerprint density at radius 3 is 2.77 bits per heavy atom. The van der Waals surface area contributed by atoms with Gasteiger partial charge in [0.2, 0.25) is 5.91 Å². The number of nitro benzene ring substituents is 1. The summed E-state index contributed by atoms with van der Waals surface area (Å²) in [6.45, 7) is -0.0194. The summed E-state index contributed by atoms with van der Waals surface area (Å²) in [5, 5.41) is 14.3. The lowest BCUT2D eigenvalue weighted by Crippen LogP contribution is -2.18. The van der Waals surface area contributed by atoms with Crippen LogP contribution in [0.15, 0.2) is 48.7 Å². The number of anilines is 1. The first kappa shape index (κ1) is 17.2. The molecule has 132 valence electrons. The van der Waals surface area contributed by atoms with Crippen LogP contribution in [0.1, 0.15) is 10.4 Å². The van der Waals surface area contributed by atoms with E-state index in [1.165, 1.54) is 25.3 Å². The highest BCUT2D eigenvalue weighted by Crippen LogP contribution is 2.29. The average molecular weight is 353 g/mol. The number of ether oxygens (including phenoxy) is 1. The average Bonchev–Trinajstić information content (AvgIpc) is 2.99. The number of nitrogens with one attached hydrogen (secondary N) is 1. The fourth-order valence-electron chi connectivity index (χ4n) is 2.74. The second-order valence-corrected chi connectivity index (χ2v) is 5.54. The molecule has 0 atom stereocenters. The summed E-state index contributed by atoms with van der Waals surface area (Å²) in [6, 6.07) is 11.2. The highest BCUT2D eigenvalue weighted by atomic mass is 16.6. The van der Waals surface area contributed by atoms with E-state index in [9.17, 15) is 19.7 Å². The highest BCUT2D eigenvalue weighted by molar-refractivity contribution is 5.99. The number of carbonyl (C=O) groups excluding carboxylic acids is 2. The molecule has 0 unspecified atom stereocenters. The molecular formula is C18H15N3O5. The summed E-state index contributed by atoms with van der Waals surface area (Å²) < 4.78 is 6.78. The Bertz CT molecular complexity index is 1010. The first-order valence-electron chi connectivity index (χ1n) is 7.69. The second-order valence-electron chi connectivity index (χ2n) is 5.54. The van der Waals surface area contributed by atoms with Gasteiger partial charge in [-0.3, -0.25) is 19.7 Å². The SMILES string of the molecule is COc1cc([N+](=O)[O-])ccc1NC(=O)Cn1cc(C=O)c2ccccc21. The maximum absolute atomic E-state index is 12.4. The van der Waals surface area contributed by atoms with Crippen LogP contribution in [0, 0.1) is 10.1 Å². The van der Waals surface area contributed by atoms with Gasteiger partial charge in [-0.15, -0.1) is 0 Å². The number of benzene rings is 2. The van der Waals surface area contributed by atoms with Crippen LogP contribution in [-0.4, -0.2) is 28.8 Å². The number of rotatable bonds is 6. The van der Waals surface area contributed by atoms with Gasteiger partial charge in [-0.05, 0) is 12.1 Å². The lowest BCUT2D eigenvalue weighted by molar-refractivity contribution is -0.384. The van der Waals surface area contributed by atoms with Gasteiger partial charge in [0.05, 0.1) is 23.8 Å². The molecule has 0 aliphatic rings. The van der Waals surface area contributed by atoms with Gasteiger partial charge in [-0.1, -0.05) is 18.2 Å². The lowest BCUT2D eigenvalue weighted by Gasteiger charge is -2.11. The van der Waals surface area contributed by atoms with Crippen molar-refractivity contribution in [2.45, 2.75) is 6.54 Å². The molecule has 1 aromatic heterocycles. The quantitative estimate of drug-likeness (QED) is 0.417. The first-order chi connectivity index (χ1) is 12.5. The van der Waals surface area contributed by atoms with Crippen molar-refractivity contribution in [2.75, 3.05) is 12.4 Å². The van der Waals surface area contributed by atoms with Gasteiger partial charge in [-0.25, -0.2) is 0 Å². The molecule has 2 aromatic carbocycles. The monoisotopic (exact) mass is 353 g/mol. The number of methoxy groups -OCH3 is 1. The van der Waals surface area contributed by atoms with E-state index < -0.39 is 4.92 Å². The van der Waals surface area contributed by atoms with Crippen molar-refractivity contribution in [1.29, 1.82) is 0 Å². The Morgan fingerprint density at radius 1 is 1.31 bits per heavy atom. The van der Waals surface area contributed by atoms with Crippen LogP contribution < -0.4 is 10.1 Å². The van der Waals surface area contributed by atoms with Crippen molar-refractivity contribution < 1.29 is 19.2 Å². The van der Waals surface area contributed by atoms with Gasteiger partial charge in [0.15, 0.2) is 6.29 Å². The van der Waals surface area contributed by atoms with Gasteiger partial charge in [0.1, 0.15) is 12.3 Å². The number of nitrogens with zero attached hydrogens (tertiary/aromatic N) is 2. The van der Waals surface area contributed by atoms with Crippen LogP contribution in [0.2, 0.25) is 0 Å². The number of para-hydroxylation sites is 1. The van der Waals surface area contributed by atoms with Gasteiger partial charge in [0, 0.05) is 28.7 Å². The fraction of sp³-hybridized carbons (Fsp3) is 0.111. The van der Waals surface area contributed by atoms with Crippen LogP contribution in [0.3, 0.4) is 0 Å². The number of amides is 1. The molecule has 3 aromatic rings. The molecule has 1 amide bonds. The normalized spacial score (nSPS) is 10.5. The molecule has 3 rings (SSSR count). The number of aromatic nitrogens is 1. The third kappa shape index (κ3) is 3.25. The van der Waals surface area contributed by atoms with Crippen molar-refractivity contribution in [3.8, 4) is 5.75 Å². The summed E-state index contributed by atoms with van der Waals surface area (Å²) in [4.78, 5) is 33.9. The number of hydrogen-bond donors (Lipinski definition) is 1. The highest BCUT2D eigenvalue weighted by Gasteiger charge is 2.15. The summed E-state index contributed by atoms with van der Waals surface area (Å²) >= 11 is 0. The van der Waals surface area contributed by atoms with Crippen molar-refractivity contribution in [3.63, 3.8) is 0 Å². The summed E-state index contributed by atoms with van der Waals surface area (Å²) in [6.07, 6.45) is 2.36. The molecule has 0 bridgehead atoms. The summed E-state index contributed by atoms with van der Waals surface area (Å²) in [5.41, 5.74) is 1.46. The third-order valence-corrected chi connectivity index (χ3v) is 3.93. The Hall–Kier alpha value is -3.68. The van der Waals surface area contributed by atoms with E-state index in [2.05, 4.69) is 5.32 Å². The summed E-state index contributed by atoms with van der Waals surface area (Å²) in [5.74, 6) is -0.158. The molecule has 0 saturated carbocycles. The lowest BCUT2D eigenvalue weighted by atomic mass is 10.2. The Labute approximate surface area is 148 Å². The van der Waals surface area contributed by atoms with Gasteiger partial charge in [0.25, 0.3) is 5.69 Å². The van der Waals surface area contributed by atoms with E-state index in [1.807, 2.05) is 24.3 Å². The predicted octanol–water partition coefficient (Wildman–Crippen LogP) is 3.01. The van der Waals surface area contributed by atoms with Gasteiger partial charge >= 0.3 is 0 Å². The maximum atomic E-state index is 12.4. The number of hydrogen-bond acceptors (Lipinski definition) is 5. The minimum absolute atomic E-state index is 0.0194. The zero-order valence-corrected chi connectivity index (χ0v) is 13.8. The van der Waals surface area contributed by atoms with E-state index in [1.54, 1.807) is 10.8 Å². The molecule has 0 spiro atoms. The number of fused-ring (bicyclic) bond motifs is 1. The van der Waals surface area contributed by atoms with Crippen LogP contribution in [0.5, 0.6) is 5.75 Å². The van der Waals surface area contributed by atoms with E-state index in [4.69, 9.17) is 4.74 Å². The minimum atomic E-state index is -0.541. The van der Waals surface area contributed by atoms with Crippen molar-refractivity contribution >= 4 is 34.5 Å². The third-order valence-electron chi connectivity index (χ3n) is 3.93. The summed E-state index contributed by atoms with van der Waals surface area (Å²) in [7, 11) is 1.37. The first-order valence-corrected chi connectivity index (χ1v) is 7.69. The standard InChI is InChI=1S/C18H15N3O5/c1-26-17-8-13(21(24)25)6-7-15(17)19-18(23)10-20-9-12(11-22)14-4-2-3-5-16(14)20/h2-9,11H,10H2,1H3,(H,19,23). The molecule has 8 heteroatoms. The molecule has 1 heterocycles. The Kier molecular flexibility index (Phi) is 4.66. The topological polar surface area (TPSA) is 103 Å². The van der Waals surface area contributed by atoms with Crippen molar-refractivity contribution in [3.05, 3.63) is 64.3 Å². The number of non-ortho nitro benzene ring substituents is 1. The molecular weight excluding hydrogens is 338 g/mol. The zero-order valence-electron chi connectivity index (χ0n) is 13.8. The molecule has 0 radical (unpaired) electrons. The largest absolute Gasteiger partial charge is 0.494 e. The minimum Gasteiger partial charge on any atom is -0.494 e. The van der Waals surface area contributed by atoms with Crippen LogP contribution in [0.4, 0.5) is 11.4 Å². The van der Waals surface area contributed by atoms with Gasteiger partial charge in [-0.2, -0.15) is 0 Å². The smallest absolute Gasteiger partial charge is 0.273 e. The van der Waals surface area contributed by atoms with Crippen LogP contribution >= 0.6 is 0 Å². The molecule has 26 heavy (non-hydrogen) atoms. The second kappa shape index (κ2) is 7.06. The van der Waals surface area contributed by atoms with E-state index in [0.717, 1.165) is 17.2 Å². The number of nitro groups is 1. The molecule has 0 saturated heterocycles.